The number of nitrogens with zero attached hydrogens (tertiary/aromatic N) is 4. The topological polar surface area (TPSA) is 88.8 Å². The first-order valence-corrected chi connectivity index (χ1v) is 11.8. The van der Waals surface area contributed by atoms with Gasteiger partial charge in [-0.2, -0.15) is 0 Å². The van der Waals surface area contributed by atoms with Crippen LogP contribution in [0.2, 0.25) is 0 Å². The van der Waals surface area contributed by atoms with Crippen molar-refractivity contribution in [2.75, 3.05) is 19.6 Å². The second-order valence-corrected chi connectivity index (χ2v) is 9.94. The average Bonchev–Trinajstić information content (AvgIpc) is 3.24. The first-order chi connectivity index (χ1) is 15.6. The number of carbonyl (C=O) groups is 2. The van der Waals surface area contributed by atoms with E-state index >= 15 is 0 Å². The number of aromatic nitrogens is 2. The highest BCUT2D eigenvalue weighted by Crippen LogP contribution is 2.22. The lowest BCUT2D eigenvalue weighted by Gasteiger charge is -2.37. The zero-order valence-corrected chi connectivity index (χ0v) is 20.4. The maximum atomic E-state index is 12.9. The maximum absolute atomic E-state index is 12.9. The molecular weight excluding hydrogens is 420 g/mol. The number of benzene rings is 1. The molecule has 33 heavy (non-hydrogen) atoms. The highest BCUT2D eigenvalue weighted by molar-refractivity contribution is 5.76. The van der Waals surface area contributed by atoms with Gasteiger partial charge in [0.25, 0.3) is 0 Å². The molecule has 1 atom stereocenters. The van der Waals surface area contributed by atoms with Gasteiger partial charge in [0.15, 0.2) is 0 Å². The average molecular weight is 457 g/mol. The number of rotatable bonds is 7. The van der Waals surface area contributed by atoms with Gasteiger partial charge in [0, 0.05) is 44.1 Å². The van der Waals surface area contributed by atoms with E-state index < -0.39 is 5.60 Å². The van der Waals surface area contributed by atoms with Crippen LogP contribution in [0, 0.1) is 5.92 Å². The van der Waals surface area contributed by atoms with Gasteiger partial charge in [-0.25, -0.2) is 4.79 Å². The lowest BCUT2D eigenvalue weighted by molar-refractivity contribution is -0.133. The fourth-order valence-electron chi connectivity index (χ4n) is 3.96. The van der Waals surface area contributed by atoms with E-state index in [1.807, 2.05) is 69.9 Å². The van der Waals surface area contributed by atoms with Gasteiger partial charge < -0.3 is 19.0 Å². The van der Waals surface area contributed by atoms with Gasteiger partial charge in [-0.15, -0.1) is 10.2 Å². The van der Waals surface area contributed by atoms with Crippen LogP contribution in [-0.2, 0) is 16.0 Å². The molecule has 2 aromatic rings. The molecule has 0 aliphatic carbocycles. The third-order valence-corrected chi connectivity index (χ3v) is 5.62. The molecule has 0 bridgehead atoms. The SMILES string of the molecule is CC(C)N(C[C@H]1CCCN(C(=O)CCc2nnc(-c3ccccc3)o2)C1)C(=O)OC(C)(C)C. The number of piperidine rings is 1. The molecule has 0 N–H and O–H groups in total. The predicted molar refractivity (Wildman–Crippen MR) is 125 cm³/mol. The minimum Gasteiger partial charge on any atom is -0.444 e. The molecule has 1 saturated heterocycles. The van der Waals surface area contributed by atoms with Crippen molar-refractivity contribution >= 4 is 12.0 Å². The molecule has 0 saturated carbocycles. The second kappa shape index (κ2) is 10.8. The Kier molecular flexibility index (Phi) is 8.10. The maximum Gasteiger partial charge on any atom is 0.410 e. The standard InChI is InChI=1S/C25H36N4O4/c1-18(2)29(24(31)33-25(3,4)5)17-19-10-9-15-28(16-19)22(30)14-13-21-26-27-23(32-21)20-11-7-6-8-12-20/h6-8,11-12,18-19H,9-10,13-17H2,1-5H3/t19-/m0/s1. The van der Waals surface area contributed by atoms with Crippen molar-refractivity contribution in [2.45, 2.75) is 71.9 Å². The van der Waals surface area contributed by atoms with Crippen molar-refractivity contribution in [3.05, 3.63) is 36.2 Å². The molecule has 1 aromatic heterocycles. The van der Waals surface area contributed by atoms with Crippen molar-refractivity contribution < 1.29 is 18.7 Å². The number of hydrogen-bond acceptors (Lipinski definition) is 6. The quantitative estimate of drug-likeness (QED) is 0.607. The minimum atomic E-state index is -0.534. The third kappa shape index (κ3) is 7.30. The number of amides is 2. The number of likely N-dealkylation sites (tertiary alicyclic amines) is 1. The molecule has 3 rings (SSSR count). The minimum absolute atomic E-state index is 0.0299. The van der Waals surface area contributed by atoms with E-state index in [0.29, 0.717) is 37.7 Å². The number of ether oxygens (including phenoxy) is 1. The Hall–Kier alpha value is -2.90. The van der Waals surface area contributed by atoms with E-state index in [1.54, 1.807) is 4.90 Å². The van der Waals surface area contributed by atoms with Gasteiger partial charge in [-0.3, -0.25) is 4.79 Å². The predicted octanol–water partition coefficient (Wildman–Crippen LogP) is 4.55. The highest BCUT2D eigenvalue weighted by Gasteiger charge is 2.30. The zero-order chi connectivity index (χ0) is 24.0. The summed E-state index contributed by atoms with van der Waals surface area (Å²) in [5.74, 6) is 1.23. The Morgan fingerprint density at radius 1 is 1.21 bits per heavy atom. The van der Waals surface area contributed by atoms with Crippen molar-refractivity contribution in [1.82, 2.24) is 20.0 Å². The van der Waals surface area contributed by atoms with E-state index in [9.17, 15) is 9.59 Å². The van der Waals surface area contributed by atoms with Crippen LogP contribution in [-0.4, -0.2) is 63.3 Å². The molecule has 8 nitrogen and oxygen atoms in total. The van der Waals surface area contributed by atoms with Crippen molar-refractivity contribution in [3.8, 4) is 11.5 Å². The van der Waals surface area contributed by atoms with E-state index in [1.165, 1.54) is 0 Å². The Labute approximate surface area is 196 Å². The van der Waals surface area contributed by atoms with Gasteiger partial charge >= 0.3 is 6.09 Å². The fraction of sp³-hybridized carbons (Fsp3) is 0.600. The van der Waals surface area contributed by atoms with E-state index in [4.69, 9.17) is 9.15 Å². The van der Waals surface area contributed by atoms with Crippen LogP contribution in [0.5, 0.6) is 0 Å². The number of carbonyl (C=O) groups excluding carboxylic acids is 2. The smallest absolute Gasteiger partial charge is 0.410 e. The van der Waals surface area contributed by atoms with Crippen LogP contribution in [0.15, 0.2) is 34.7 Å². The van der Waals surface area contributed by atoms with Crippen LogP contribution in [0.3, 0.4) is 0 Å². The van der Waals surface area contributed by atoms with Gasteiger partial charge in [-0.1, -0.05) is 18.2 Å². The normalized spacial score (nSPS) is 16.7. The first-order valence-electron chi connectivity index (χ1n) is 11.8. The molecule has 0 radical (unpaired) electrons. The summed E-state index contributed by atoms with van der Waals surface area (Å²) in [5.41, 5.74) is 0.328. The Morgan fingerprint density at radius 3 is 2.61 bits per heavy atom. The van der Waals surface area contributed by atoms with E-state index in [2.05, 4.69) is 10.2 Å². The van der Waals surface area contributed by atoms with E-state index in [0.717, 1.165) is 24.9 Å². The summed E-state index contributed by atoms with van der Waals surface area (Å²) in [6.07, 6.45) is 2.35. The number of hydrogen-bond donors (Lipinski definition) is 0. The van der Waals surface area contributed by atoms with Crippen LogP contribution in [0.4, 0.5) is 4.79 Å². The largest absolute Gasteiger partial charge is 0.444 e. The van der Waals surface area contributed by atoms with Crippen LogP contribution < -0.4 is 0 Å². The van der Waals surface area contributed by atoms with E-state index in [-0.39, 0.29) is 24.0 Å². The van der Waals surface area contributed by atoms with Gasteiger partial charge in [0.1, 0.15) is 5.60 Å². The first kappa shape index (κ1) is 24.7. The Morgan fingerprint density at radius 2 is 1.94 bits per heavy atom. The Balaban J connectivity index is 1.52. The summed E-state index contributed by atoms with van der Waals surface area (Å²) >= 11 is 0. The zero-order valence-electron chi connectivity index (χ0n) is 20.4. The van der Waals surface area contributed by atoms with Crippen molar-refractivity contribution in [1.29, 1.82) is 0 Å². The lowest BCUT2D eigenvalue weighted by atomic mass is 9.96. The van der Waals surface area contributed by atoms with Crippen LogP contribution in [0.25, 0.3) is 11.5 Å². The molecule has 0 spiro atoms. The monoisotopic (exact) mass is 456 g/mol. The molecule has 1 fully saturated rings. The van der Waals surface area contributed by atoms with Crippen molar-refractivity contribution in [3.63, 3.8) is 0 Å². The molecule has 8 heteroatoms. The third-order valence-electron chi connectivity index (χ3n) is 5.62. The number of aryl methyl sites for hydroxylation is 1. The summed E-state index contributed by atoms with van der Waals surface area (Å²) < 4.78 is 11.3. The molecule has 1 aliphatic rings. The Bertz CT molecular complexity index is 920. The summed E-state index contributed by atoms with van der Waals surface area (Å²) in [6.45, 7) is 11.6. The molecule has 2 amide bonds. The molecule has 2 heterocycles. The molecular formula is C25H36N4O4. The van der Waals surface area contributed by atoms with Crippen LogP contribution >= 0.6 is 0 Å². The molecule has 0 unspecified atom stereocenters. The summed E-state index contributed by atoms with van der Waals surface area (Å²) in [7, 11) is 0. The summed E-state index contributed by atoms with van der Waals surface area (Å²) in [6, 6.07) is 9.61. The molecule has 180 valence electrons. The van der Waals surface area contributed by atoms with Crippen molar-refractivity contribution in [2.24, 2.45) is 5.92 Å². The van der Waals surface area contributed by atoms with Gasteiger partial charge in [0.2, 0.25) is 17.7 Å². The molecule has 1 aliphatic heterocycles. The highest BCUT2D eigenvalue weighted by atomic mass is 16.6. The summed E-state index contributed by atoms with van der Waals surface area (Å²) in [5, 5.41) is 8.18. The van der Waals surface area contributed by atoms with Crippen LogP contribution in [0.1, 0.15) is 59.8 Å². The summed E-state index contributed by atoms with van der Waals surface area (Å²) in [4.78, 5) is 29.2. The lowest BCUT2D eigenvalue weighted by Crippen LogP contribution is -2.48. The van der Waals surface area contributed by atoms with Gasteiger partial charge in [0.05, 0.1) is 0 Å². The fourth-order valence-corrected chi connectivity index (χ4v) is 3.96. The second-order valence-electron chi connectivity index (χ2n) is 9.94. The van der Waals surface area contributed by atoms with Gasteiger partial charge in [-0.05, 0) is 65.5 Å². The molecule has 1 aromatic carbocycles.